The molecular weight excluding hydrogens is 223 g/mol. The summed E-state index contributed by atoms with van der Waals surface area (Å²) >= 11 is 0.831. The van der Waals surface area contributed by atoms with E-state index in [0.29, 0.717) is 5.01 Å². The fourth-order valence-corrected chi connectivity index (χ4v) is 1.36. The fourth-order valence-electron chi connectivity index (χ4n) is 0.679. The third-order valence-corrected chi connectivity index (χ3v) is 1.95. The summed E-state index contributed by atoms with van der Waals surface area (Å²) in [5.41, 5.74) is 4.88. The van der Waals surface area contributed by atoms with Gasteiger partial charge in [-0.05, 0) is 0 Å². The van der Waals surface area contributed by atoms with Gasteiger partial charge in [0.1, 0.15) is 6.61 Å². The lowest BCUT2D eigenvalue weighted by atomic mass is 10.7. The van der Waals surface area contributed by atoms with Crippen molar-refractivity contribution < 1.29 is 22.7 Å². The molecule has 2 N–H and O–H groups in total. The predicted octanol–water partition coefficient (Wildman–Crippen LogP) is 0.920. The smallest absolute Gasteiger partial charge is 0.350 e. The van der Waals surface area contributed by atoms with Crippen LogP contribution in [0.2, 0.25) is 0 Å². The summed E-state index contributed by atoms with van der Waals surface area (Å²) in [7, 11) is 0. The number of primary amides is 1. The number of halogens is 3. The minimum absolute atomic E-state index is 0.635. The standard InChI is InChI=1S/C5H6F3N3O2S/c6-5(7,8)1-13-4-11(3(9)12)10-2-14-4/h2,4H,1H2,(H2,9,12). The van der Waals surface area contributed by atoms with Crippen LogP contribution in [0.25, 0.3) is 0 Å². The molecule has 2 amide bonds. The van der Waals surface area contributed by atoms with Crippen molar-refractivity contribution in [2.75, 3.05) is 6.61 Å². The van der Waals surface area contributed by atoms with E-state index < -0.39 is 24.4 Å². The molecule has 0 fully saturated rings. The topological polar surface area (TPSA) is 67.9 Å². The number of rotatable bonds is 2. The molecule has 1 unspecified atom stereocenters. The molecule has 1 atom stereocenters. The molecule has 0 saturated carbocycles. The Morgan fingerprint density at radius 2 is 2.36 bits per heavy atom. The summed E-state index contributed by atoms with van der Waals surface area (Å²) in [6, 6.07) is -0.960. The second kappa shape index (κ2) is 4.05. The highest BCUT2D eigenvalue weighted by Crippen LogP contribution is 2.24. The van der Waals surface area contributed by atoms with E-state index in [2.05, 4.69) is 9.84 Å². The van der Waals surface area contributed by atoms with Crippen molar-refractivity contribution in [1.29, 1.82) is 0 Å². The van der Waals surface area contributed by atoms with Gasteiger partial charge in [-0.15, -0.1) is 0 Å². The van der Waals surface area contributed by atoms with Gasteiger partial charge in [0, 0.05) is 0 Å². The van der Waals surface area contributed by atoms with Crippen molar-refractivity contribution in [3.63, 3.8) is 0 Å². The Balaban J connectivity index is 2.43. The molecule has 80 valence electrons. The number of amides is 2. The number of ether oxygens (including phenoxy) is 1. The molecule has 1 heterocycles. The van der Waals surface area contributed by atoms with Gasteiger partial charge >= 0.3 is 12.2 Å². The highest BCUT2D eigenvalue weighted by molar-refractivity contribution is 8.12. The minimum Gasteiger partial charge on any atom is -0.350 e. The SMILES string of the molecule is NC(=O)N1N=CSC1OCC(F)(F)F. The number of nitrogens with two attached hydrogens (primary N) is 1. The van der Waals surface area contributed by atoms with E-state index in [1.54, 1.807) is 0 Å². The summed E-state index contributed by atoms with van der Waals surface area (Å²) < 4.78 is 39.6. The molecule has 1 rings (SSSR count). The molecule has 9 heteroatoms. The third kappa shape index (κ3) is 3.07. The van der Waals surface area contributed by atoms with Crippen molar-refractivity contribution >= 4 is 23.3 Å². The van der Waals surface area contributed by atoms with Crippen LogP contribution in [0.3, 0.4) is 0 Å². The number of hydrazone groups is 1. The zero-order chi connectivity index (χ0) is 10.8. The predicted molar refractivity (Wildman–Crippen MR) is 43.3 cm³/mol. The maximum absolute atomic E-state index is 11.7. The summed E-state index contributed by atoms with van der Waals surface area (Å²) in [6.07, 6.45) is -4.44. The molecule has 1 aliphatic heterocycles. The minimum atomic E-state index is -4.44. The maximum atomic E-state index is 11.7. The van der Waals surface area contributed by atoms with Gasteiger partial charge in [0.15, 0.2) is 0 Å². The van der Waals surface area contributed by atoms with Crippen LogP contribution in [0.4, 0.5) is 18.0 Å². The molecule has 1 aliphatic rings. The lowest BCUT2D eigenvalue weighted by Crippen LogP contribution is -2.38. The molecule has 0 aromatic carbocycles. The molecule has 0 saturated heterocycles. The van der Waals surface area contributed by atoms with Crippen LogP contribution < -0.4 is 5.73 Å². The van der Waals surface area contributed by atoms with E-state index in [-0.39, 0.29) is 0 Å². The van der Waals surface area contributed by atoms with Gasteiger partial charge in [-0.2, -0.15) is 23.3 Å². The molecule has 0 aromatic rings. The monoisotopic (exact) mass is 229 g/mol. The zero-order valence-corrected chi connectivity index (χ0v) is 7.51. The molecule has 0 bridgehead atoms. The van der Waals surface area contributed by atoms with Gasteiger partial charge in [-0.25, -0.2) is 4.79 Å². The van der Waals surface area contributed by atoms with Gasteiger partial charge in [0.2, 0.25) is 5.56 Å². The van der Waals surface area contributed by atoms with Crippen molar-refractivity contribution in [2.24, 2.45) is 10.8 Å². The summed E-state index contributed by atoms with van der Waals surface area (Å²) in [5, 5.41) is 4.06. The Hall–Kier alpha value is -0.960. The Labute approximate surface area is 81.1 Å². The lowest BCUT2D eigenvalue weighted by molar-refractivity contribution is -0.185. The average Bonchev–Trinajstić information content (AvgIpc) is 2.46. The van der Waals surface area contributed by atoms with E-state index >= 15 is 0 Å². The number of hydrogen-bond acceptors (Lipinski definition) is 4. The van der Waals surface area contributed by atoms with Crippen LogP contribution in [0.15, 0.2) is 5.10 Å². The molecular formula is C5H6F3N3O2S. The van der Waals surface area contributed by atoms with Crippen LogP contribution in [0, 0.1) is 0 Å². The second-order valence-corrected chi connectivity index (χ2v) is 3.16. The number of alkyl halides is 3. The Bertz CT molecular complexity index is 257. The van der Waals surface area contributed by atoms with Gasteiger partial charge in [-0.3, -0.25) is 0 Å². The molecule has 0 spiro atoms. The number of carbonyl (C=O) groups is 1. The van der Waals surface area contributed by atoms with E-state index in [9.17, 15) is 18.0 Å². The normalized spacial score (nSPS) is 21.6. The summed E-state index contributed by atoms with van der Waals surface area (Å²) in [5.74, 6) is 0. The van der Waals surface area contributed by atoms with E-state index in [4.69, 9.17) is 5.73 Å². The van der Waals surface area contributed by atoms with Gasteiger partial charge in [0.05, 0.1) is 5.55 Å². The van der Waals surface area contributed by atoms with Gasteiger partial charge in [0.25, 0.3) is 0 Å². The van der Waals surface area contributed by atoms with Crippen LogP contribution in [0.1, 0.15) is 0 Å². The molecule has 0 aromatic heterocycles. The molecule has 0 aliphatic carbocycles. The van der Waals surface area contributed by atoms with Crippen LogP contribution >= 0.6 is 11.8 Å². The number of urea groups is 1. The quantitative estimate of drug-likeness (QED) is 0.765. The Morgan fingerprint density at radius 1 is 1.71 bits per heavy atom. The Kier molecular flexibility index (Phi) is 3.21. The number of thioether (sulfide) groups is 1. The highest BCUT2D eigenvalue weighted by Gasteiger charge is 2.33. The number of nitrogens with zero attached hydrogens (tertiary/aromatic N) is 2. The first-order chi connectivity index (χ1) is 6.40. The van der Waals surface area contributed by atoms with E-state index in [1.165, 1.54) is 5.55 Å². The first kappa shape index (κ1) is 11.1. The highest BCUT2D eigenvalue weighted by atomic mass is 32.2. The van der Waals surface area contributed by atoms with E-state index in [1.807, 2.05) is 0 Å². The van der Waals surface area contributed by atoms with Crippen molar-refractivity contribution in [1.82, 2.24) is 5.01 Å². The summed E-state index contributed by atoms with van der Waals surface area (Å²) in [6.45, 7) is -1.45. The third-order valence-electron chi connectivity index (χ3n) is 1.16. The molecule has 14 heavy (non-hydrogen) atoms. The van der Waals surface area contributed by atoms with Gasteiger partial charge in [-0.1, -0.05) is 11.8 Å². The average molecular weight is 229 g/mol. The number of carbonyl (C=O) groups excluding carboxylic acids is 1. The van der Waals surface area contributed by atoms with Crippen molar-refractivity contribution in [2.45, 2.75) is 11.7 Å². The first-order valence-corrected chi connectivity index (χ1v) is 4.29. The van der Waals surface area contributed by atoms with E-state index in [0.717, 1.165) is 11.8 Å². The first-order valence-electron chi connectivity index (χ1n) is 3.35. The summed E-state index contributed by atoms with van der Waals surface area (Å²) in [4.78, 5) is 10.6. The van der Waals surface area contributed by atoms with Crippen LogP contribution in [-0.4, -0.2) is 34.9 Å². The second-order valence-electron chi connectivity index (χ2n) is 2.27. The van der Waals surface area contributed by atoms with Crippen molar-refractivity contribution in [3.05, 3.63) is 0 Å². The largest absolute Gasteiger partial charge is 0.411 e. The van der Waals surface area contributed by atoms with Crippen molar-refractivity contribution in [3.8, 4) is 0 Å². The van der Waals surface area contributed by atoms with Gasteiger partial charge < -0.3 is 10.5 Å². The fraction of sp³-hybridized carbons (Fsp3) is 0.600. The van der Waals surface area contributed by atoms with Crippen LogP contribution in [-0.2, 0) is 4.74 Å². The molecule has 0 radical (unpaired) electrons. The van der Waals surface area contributed by atoms with Crippen LogP contribution in [0.5, 0.6) is 0 Å². The number of hydrogen-bond donors (Lipinski definition) is 1. The zero-order valence-electron chi connectivity index (χ0n) is 6.69. The molecule has 5 nitrogen and oxygen atoms in total. The Morgan fingerprint density at radius 3 is 2.86 bits per heavy atom. The maximum Gasteiger partial charge on any atom is 0.411 e. The lowest BCUT2D eigenvalue weighted by Gasteiger charge is -2.19.